The largest absolute Gasteiger partial charge is 0.351 e. The van der Waals surface area contributed by atoms with E-state index in [9.17, 15) is 4.79 Å². The van der Waals surface area contributed by atoms with Crippen molar-refractivity contribution < 1.29 is 4.79 Å². The SMILES string of the molecule is CC(C)c1ccc(-n2ccnc2SCC(=O)NCc2cccnc2)cc1. The molecule has 26 heavy (non-hydrogen) atoms. The molecule has 0 aliphatic carbocycles. The Hall–Kier alpha value is -2.60. The highest BCUT2D eigenvalue weighted by atomic mass is 32.2. The summed E-state index contributed by atoms with van der Waals surface area (Å²) in [5, 5.41) is 3.71. The molecule has 0 saturated heterocycles. The number of rotatable bonds is 7. The molecular formula is C20H22N4OS. The molecule has 0 saturated carbocycles. The van der Waals surface area contributed by atoms with Crippen LogP contribution in [0.5, 0.6) is 0 Å². The van der Waals surface area contributed by atoms with Crippen molar-refractivity contribution in [3.05, 3.63) is 72.3 Å². The van der Waals surface area contributed by atoms with E-state index in [0.29, 0.717) is 18.2 Å². The summed E-state index contributed by atoms with van der Waals surface area (Å²) >= 11 is 1.43. The number of benzene rings is 1. The molecule has 134 valence electrons. The minimum atomic E-state index is -0.0245. The number of nitrogens with zero attached hydrogens (tertiary/aromatic N) is 3. The first-order chi connectivity index (χ1) is 12.6. The van der Waals surface area contributed by atoms with Crippen LogP contribution in [-0.2, 0) is 11.3 Å². The predicted molar refractivity (Wildman–Crippen MR) is 104 cm³/mol. The Kier molecular flexibility index (Phi) is 6.07. The minimum absolute atomic E-state index is 0.0245. The van der Waals surface area contributed by atoms with Gasteiger partial charge in [0.05, 0.1) is 5.75 Å². The molecule has 3 rings (SSSR count). The van der Waals surface area contributed by atoms with E-state index in [0.717, 1.165) is 16.4 Å². The number of carbonyl (C=O) groups is 1. The van der Waals surface area contributed by atoms with Gasteiger partial charge in [0.15, 0.2) is 5.16 Å². The number of amides is 1. The van der Waals surface area contributed by atoms with Gasteiger partial charge in [-0.3, -0.25) is 14.3 Å². The van der Waals surface area contributed by atoms with Crippen molar-refractivity contribution in [3.8, 4) is 5.69 Å². The van der Waals surface area contributed by atoms with E-state index in [1.807, 2.05) is 22.9 Å². The Morgan fingerprint density at radius 3 is 2.69 bits per heavy atom. The van der Waals surface area contributed by atoms with Gasteiger partial charge in [-0.1, -0.05) is 43.8 Å². The van der Waals surface area contributed by atoms with Crippen LogP contribution in [0.15, 0.2) is 66.3 Å². The first-order valence-electron chi connectivity index (χ1n) is 8.55. The standard InChI is InChI=1S/C20H22N4OS/c1-15(2)17-5-7-18(8-6-17)24-11-10-22-20(24)26-14-19(25)23-13-16-4-3-9-21-12-16/h3-12,15H,13-14H2,1-2H3,(H,23,25). The van der Waals surface area contributed by atoms with Crippen LogP contribution in [0.4, 0.5) is 0 Å². The third kappa shape index (κ3) is 4.73. The molecule has 0 aliphatic rings. The Morgan fingerprint density at radius 1 is 1.19 bits per heavy atom. The van der Waals surface area contributed by atoms with Gasteiger partial charge in [-0.05, 0) is 35.2 Å². The first-order valence-corrected chi connectivity index (χ1v) is 9.54. The first kappa shape index (κ1) is 18.2. The average Bonchev–Trinajstić information content (AvgIpc) is 3.14. The van der Waals surface area contributed by atoms with Crippen molar-refractivity contribution in [1.29, 1.82) is 0 Å². The molecule has 6 heteroatoms. The number of hydrogen-bond donors (Lipinski definition) is 1. The Morgan fingerprint density at radius 2 is 2.00 bits per heavy atom. The van der Waals surface area contributed by atoms with Gasteiger partial charge in [-0.15, -0.1) is 0 Å². The van der Waals surface area contributed by atoms with Crippen molar-refractivity contribution in [2.24, 2.45) is 0 Å². The topological polar surface area (TPSA) is 59.8 Å². The molecule has 2 aromatic heterocycles. The van der Waals surface area contributed by atoms with E-state index in [1.54, 1.807) is 18.6 Å². The number of pyridine rings is 1. The van der Waals surface area contributed by atoms with Crippen molar-refractivity contribution in [2.45, 2.75) is 31.5 Å². The fourth-order valence-electron chi connectivity index (χ4n) is 2.50. The fraction of sp³-hybridized carbons (Fsp3) is 0.250. The molecule has 0 atom stereocenters. The third-order valence-electron chi connectivity index (χ3n) is 3.99. The highest BCUT2D eigenvalue weighted by molar-refractivity contribution is 7.99. The lowest BCUT2D eigenvalue weighted by Crippen LogP contribution is -2.24. The van der Waals surface area contributed by atoms with Crippen LogP contribution in [0.1, 0.15) is 30.9 Å². The van der Waals surface area contributed by atoms with E-state index in [-0.39, 0.29) is 5.91 Å². The van der Waals surface area contributed by atoms with Crippen molar-refractivity contribution in [2.75, 3.05) is 5.75 Å². The Labute approximate surface area is 157 Å². The smallest absolute Gasteiger partial charge is 0.230 e. The van der Waals surface area contributed by atoms with Crippen LogP contribution in [0.2, 0.25) is 0 Å². The average molecular weight is 366 g/mol. The molecule has 2 heterocycles. The van der Waals surface area contributed by atoms with E-state index < -0.39 is 0 Å². The molecule has 0 unspecified atom stereocenters. The van der Waals surface area contributed by atoms with Gasteiger partial charge in [0.2, 0.25) is 5.91 Å². The number of nitrogens with one attached hydrogen (secondary N) is 1. The highest BCUT2D eigenvalue weighted by Gasteiger charge is 2.09. The maximum Gasteiger partial charge on any atom is 0.230 e. The summed E-state index contributed by atoms with van der Waals surface area (Å²) in [6, 6.07) is 12.2. The molecule has 1 N–H and O–H groups in total. The maximum atomic E-state index is 12.1. The summed E-state index contributed by atoms with van der Waals surface area (Å²) in [5.74, 6) is 0.800. The lowest BCUT2D eigenvalue weighted by molar-refractivity contribution is -0.118. The molecule has 3 aromatic rings. The van der Waals surface area contributed by atoms with Gasteiger partial charge >= 0.3 is 0 Å². The van der Waals surface area contributed by atoms with Crippen LogP contribution in [-0.4, -0.2) is 26.2 Å². The molecule has 1 amide bonds. The van der Waals surface area contributed by atoms with Gasteiger partial charge in [0.25, 0.3) is 0 Å². The number of hydrogen-bond acceptors (Lipinski definition) is 4. The van der Waals surface area contributed by atoms with Gasteiger partial charge in [-0.25, -0.2) is 4.98 Å². The van der Waals surface area contributed by atoms with Crippen molar-refractivity contribution in [1.82, 2.24) is 19.9 Å². The summed E-state index contributed by atoms with van der Waals surface area (Å²) in [7, 11) is 0. The van der Waals surface area contributed by atoms with E-state index in [1.165, 1.54) is 17.3 Å². The monoisotopic (exact) mass is 366 g/mol. The second-order valence-corrected chi connectivity index (χ2v) is 7.20. The van der Waals surface area contributed by atoms with E-state index >= 15 is 0 Å². The van der Waals surface area contributed by atoms with Crippen molar-refractivity contribution >= 4 is 17.7 Å². The van der Waals surface area contributed by atoms with Crippen LogP contribution >= 0.6 is 11.8 Å². The molecule has 0 radical (unpaired) electrons. The van der Waals surface area contributed by atoms with Gasteiger partial charge < -0.3 is 5.32 Å². The molecule has 1 aromatic carbocycles. The normalized spacial score (nSPS) is 10.9. The summed E-state index contributed by atoms with van der Waals surface area (Å²) in [6.07, 6.45) is 7.14. The van der Waals surface area contributed by atoms with Crippen LogP contribution < -0.4 is 5.32 Å². The molecular weight excluding hydrogens is 344 g/mol. The lowest BCUT2D eigenvalue weighted by atomic mass is 10.0. The third-order valence-corrected chi connectivity index (χ3v) is 4.96. The zero-order chi connectivity index (χ0) is 18.4. The Balaban J connectivity index is 1.57. The van der Waals surface area contributed by atoms with Gasteiger partial charge in [-0.2, -0.15) is 0 Å². The van der Waals surface area contributed by atoms with Crippen LogP contribution in [0.3, 0.4) is 0 Å². The quantitative estimate of drug-likeness (QED) is 0.646. The number of imidazole rings is 1. The van der Waals surface area contributed by atoms with E-state index in [2.05, 4.69) is 53.4 Å². The molecule has 0 spiro atoms. The second-order valence-electron chi connectivity index (χ2n) is 6.25. The fourth-order valence-corrected chi connectivity index (χ4v) is 3.30. The number of carbonyl (C=O) groups excluding carboxylic acids is 1. The second kappa shape index (κ2) is 8.67. The number of aromatic nitrogens is 3. The highest BCUT2D eigenvalue weighted by Crippen LogP contribution is 2.22. The van der Waals surface area contributed by atoms with Crippen molar-refractivity contribution in [3.63, 3.8) is 0 Å². The molecule has 0 bridgehead atoms. The molecule has 0 aliphatic heterocycles. The predicted octanol–water partition coefficient (Wildman–Crippen LogP) is 3.80. The summed E-state index contributed by atoms with van der Waals surface area (Å²) < 4.78 is 2.00. The number of thioether (sulfide) groups is 1. The maximum absolute atomic E-state index is 12.1. The lowest BCUT2D eigenvalue weighted by Gasteiger charge is -2.10. The van der Waals surface area contributed by atoms with Crippen LogP contribution in [0, 0.1) is 0 Å². The van der Waals surface area contributed by atoms with Crippen LogP contribution in [0.25, 0.3) is 5.69 Å². The Bertz CT molecular complexity index is 844. The zero-order valence-corrected chi connectivity index (χ0v) is 15.7. The molecule has 0 fully saturated rings. The molecule has 5 nitrogen and oxygen atoms in total. The summed E-state index contributed by atoms with van der Waals surface area (Å²) in [5.41, 5.74) is 3.33. The minimum Gasteiger partial charge on any atom is -0.351 e. The zero-order valence-electron chi connectivity index (χ0n) is 14.9. The summed E-state index contributed by atoms with van der Waals surface area (Å²) in [6.45, 7) is 4.84. The van der Waals surface area contributed by atoms with E-state index in [4.69, 9.17) is 0 Å². The summed E-state index contributed by atoms with van der Waals surface area (Å²) in [4.78, 5) is 20.5. The van der Waals surface area contributed by atoms with Gasteiger partial charge in [0.1, 0.15) is 0 Å². The van der Waals surface area contributed by atoms with Gasteiger partial charge in [0, 0.05) is 37.0 Å².